The maximum Gasteiger partial charge on any atom is 0.0621 e. The molecule has 0 aliphatic heterocycles. The van der Waals surface area contributed by atoms with Crippen molar-refractivity contribution in [2.24, 2.45) is 0 Å². The van der Waals surface area contributed by atoms with E-state index in [0.29, 0.717) is 6.42 Å². The summed E-state index contributed by atoms with van der Waals surface area (Å²) in [4.78, 5) is 0. The van der Waals surface area contributed by atoms with Gasteiger partial charge in [0.15, 0.2) is 0 Å². The first-order chi connectivity index (χ1) is 9.16. The fourth-order valence-electron chi connectivity index (χ4n) is 0.325. The van der Waals surface area contributed by atoms with Crippen molar-refractivity contribution < 1.29 is 0 Å². The standard InChI is InChI=1S/C6H9N.3C4H10.Sn/c1-2-3-4-5-6-7;3*1-3-4-2;/h2H,1,3-5H2;3*3-4H2,1-2H3;. The van der Waals surface area contributed by atoms with Crippen LogP contribution in [0.1, 0.15) is 99.3 Å². The molecule has 0 heterocycles. The number of hydrogen-bond acceptors (Lipinski definition) is 1. The second-order valence-corrected chi connectivity index (χ2v) is 4.34. The zero-order chi connectivity index (χ0) is 15.8. The first-order valence-electron chi connectivity index (χ1n) is 8.14. The largest absolute Gasteiger partial charge is 0.198 e. The number of rotatable bonds is 6. The molecule has 0 aromatic carbocycles. The average Bonchev–Trinajstić information content (AvgIpc) is 2.48. The maximum absolute atomic E-state index is 8.01. The summed E-state index contributed by atoms with van der Waals surface area (Å²) in [6.07, 6.45) is 12.3. The van der Waals surface area contributed by atoms with Gasteiger partial charge in [-0.1, -0.05) is 86.1 Å². The van der Waals surface area contributed by atoms with E-state index in [-0.39, 0.29) is 23.9 Å². The van der Waals surface area contributed by atoms with E-state index in [0.717, 1.165) is 12.8 Å². The van der Waals surface area contributed by atoms with Crippen molar-refractivity contribution in [3.05, 3.63) is 12.7 Å². The molecule has 2 heteroatoms. The van der Waals surface area contributed by atoms with Crippen LogP contribution in [0.3, 0.4) is 0 Å². The molecule has 0 aromatic heterocycles. The van der Waals surface area contributed by atoms with Gasteiger partial charge in [-0.15, -0.1) is 6.58 Å². The molecule has 20 heavy (non-hydrogen) atoms. The van der Waals surface area contributed by atoms with Crippen molar-refractivity contribution in [3.63, 3.8) is 0 Å². The van der Waals surface area contributed by atoms with Crippen molar-refractivity contribution in [2.45, 2.75) is 99.3 Å². The summed E-state index contributed by atoms with van der Waals surface area (Å²) in [6, 6.07) is 2.05. The van der Waals surface area contributed by atoms with Gasteiger partial charge in [0.2, 0.25) is 0 Å². The molecular formula is C18H39NSn. The molecule has 0 aliphatic carbocycles. The molecule has 0 unspecified atom stereocenters. The van der Waals surface area contributed by atoms with Crippen molar-refractivity contribution >= 4 is 23.9 Å². The maximum atomic E-state index is 8.01. The Morgan fingerprint density at radius 2 is 1.10 bits per heavy atom. The summed E-state index contributed by atoms with van der Waals surface area (Å²) in [5, 5.41) is 8.01. The summed E-state index contributed by atoms with van der Waals surface area (Å²) in [5.74, 6) is 0. The van der Waals surface area contributed by atoms with E-state index in [2.05, 4.69) is 54.2 Å². The molecular weight excluding hydrogens is 349 g/mol. The third kappa shape index (κ3) is 106. The van der Waals surface area contributed by atoms with Gasteiger partial charge < -0.3 is 0 Å². The van der Waals surface area contributed by atoms with Gasteiger partial charge in [-0.05, 0) is 12.8 Å². The van der Waals surface area contributed by atoms with E-state index >= 15 is 0 Å². The van der Waals surface area contributed by atoms with E-state index in [1.165, 1.54) is 38.5 Å². The summed E-state index contributed by atoms with van der Waals surface area (Å²) in [5.41, 5.74) is 0. The van der Waals surface area contributed by atoms with Gasteiger partial charge in [-0.25, -0.2) is 0 Å². The topological polar surface area (TPSA) is 23.8 Å². The Hall–Kier alpha value is 0.0287. The number of unbranched alkanes of at least 4 members (excludes halogenated alkanes) is 5. The predicted molar refractivity (Wildman–Crippen MR) is 97.2 cm³/mol. The second-order valence-electron chi connectivity index (χ2n) is 4.34. The molecule has 0 saturated carbocycles. The molecule has 0 rings (SSSR count). The summed E-state index contributed by atoms with van der Waals surface area (Å²) in [6.45, 7) is 16.6. The molecule has 120 valence electrons. The minimum Gasteiger partial charge on any atom is -0.198 e. The zero-order valence-corrected chi connectivity index (χ0v) is 17.9. The van der Waals surface area contributed by atoms with Gasteiger partial charge in [0.05, 0.1) is 6.07 Å². The van der Waals surface area contributed by atoms with Crippen molar-refractivity contribution in [1.29, 1.82) is 5.26 Å². The average molecular weight is 388 g/mol. The summed E-state index contributed by atoms with van der Waals surface area (Å²) < 4.78 is 0. The van der Waals surface area contributed by atoms with Crippen molar-refractivity contribution in [3.8, 4) is 6.07 Å². The Kier molecular flexibility index (Phi) is 81.6. The first-order valence-corrected chi connectivity index (χ1v) is 8.14. The summed E-state index contributed by atoms with van der Waals surface area (Å²) >= 11 is 0. The van der Waals surface area contributed by atoms with Crippen LogP contribution in [0.2, 0.25) is 0 Å². The minimum absolute atomic E-state index is 0. The quantitative estimate of drug-likeness (QED) is 0.276. The van der Waals surface area contributed by atoms with Crippen LogP contribution in [0, 0.1) is 11.3 Å². The third-order valence-corrected chi connectivity index (χ3v) is 2.20. The van der Waals surface area contributed by atoms with E-state index in [1.807, 2.05) is 6.08 Å². The van der Waals surface area contributed by atoms with Crippen LogP contribution in [-0.4, -0.2) is 23.9 Å². The number of hydrogen-bond donors (Lipinski definition) is 0. The van der Waals surface area contributed by atoms with Crippen molar-refractivity contribution in [2.75, 3.05) is 0 Å². The zero-order valence-electron chi connectivity index (χ0n) is 15.1. The normalized spacial score (nSPS) is 7.05. The fourth-order valence-corrected chi connectivity index (χ4v) is 0.325. The second kappa shape index (κ2) is 50.8. The minimum atomic E-state index is 0. The number of nitrogens with zero attached hydrogens (tertiary/aromatic N) is 1. The molecule has 4 radical (unpaired) electrons. The molecule has 0 aromatic rings. The van der Waals surface area contributed by atoms with Gasteiger partial charge in [0.25, 0.3) is 0 Å². The van der Waals surface area contributed by atoms with Crippen LogP contribution in [0.4, 0.5) is 0 Å². The molecule has 0 fully saturated rings. The Morgan fingerprint density at radius 1 is 0.800 bits per heavy atom. The smallest absolute Gasteiger partial charge is 0.0621 e. The van der Waals surface area contributed by atoms with E-state index < -0.39 is 0 Å². The van der Waals surface area contributed by atoms with Crippen LogP contribution in [0.5, 0.6) is 0 Å². The van der Waals surface area contributed by atoms with Crippen LogP contribution in [0.15, 0.2) is 12.7 Å². The van der Waals surface area contributed by atoms with Crippen LogP contribution in [0.25, 0.3) is 0 Å². The van der Waals surface area contributed by atoms with Gasteiger partial charge in [0, 0.05) is 30.3 Å². The Labute approximate surface area is 147 Å². The molecule has 0 amide bonds. The number of nitriles is 1. The van der Waals surface area contributed by atoms with Gasteiger partial charge in [-0.2, -0.15) is 5.26 Å². The van der Waals surface area contributed by atoms with E-state index in [9.17, 15) is 0 Å². The summed E-state index contributed by atoms with van der Waals surface area (Å²) in [7, 11) is 0. The molecule has 1 nitrogen and oxygen atoms in total. The molecule has 0 aliphatic rings. The first kappa shape index (κ1) is 32.1. The monoisotopic (exact) mass is 389 g/mol. The van der Waals surface area contributed by atoms with E-state index in [1.54, 1.807) is 0 Å². The number of allylic oxidation sites excluding steroid dienone is 1. The SMILES string of the molecule is C=CCCCC#N.CCCC.CCCC.CCCC.[Sn]. The molecule has 0 saturated heterocycles. The van der Waals surface area contributed by atoms with Gasteiger partial charge >= 0.3 is 0 Å². The van der Waals surface area contributed by atoms with Gasteiger partial charge in [0.1, 0.15) is 0 Å². The van der Waals surface area contributed by atoms with Crippen LogP contribution >= 0.6 is 0 Å². The Balaban J connectivity index is -0.0000000512. The predicted octanol–water partition coefficient (Wildman–Crippen LogP) is 6.90. The van der Waals surface area contributed by atoms with Gasteiger partial charge in [-0.3, -0.25) is 0 Å². The van der Waals surface area contributed by atoms with Crippen molar-refractivity contribution in [1.82, 2.24) is 0 Å². The Morgan fingerprint density at radius 3 is 1.25 bits per heavy atom. The molecule has 0 atom stereocenters. The fraction of sp³-hybridized carbons (Fsp3) is 0.833. The van der Waals surface area contributed by atoms with E-state index in [4.69, 9.17) is 5.26 Å². The van der Waals surface area contributed by atoms with Crippen LogP contribution in [-0.2, 0) is 0 Å². The Bertz CT molecular complexity index is 134. The molecule has 0 N–H and O–H groups in total. The van der Waals surface area contributed by atoms with Crippen LogP contribution < -0.4 is 0 Å². The third-order valence-electron chi connectivity index (χ3n) is 2.20. The molecule has 0 bridgehead atoms. The molecule has 0 spiro atoms.